The highest BCUT2D eigenvalue weighted by molar-refractivity contribution is 5.96. The molecule has 1 saturated carbocycles. The summed E-state index contributed by atoms with van der Waals surface area (Å²) in [6.45, 7) is -0.280. The van der Waals surface area contributed by atoms with Gasteiger partial charge in [0.25, 0.3) is 5.91 Å². The third-order valence-corrected chi connectivity index (χ3v) is 4.00. The van der Waals surface area contributed by atoms with Crippen LogP contribution >= 0.6 is 12.4 Å². The van der Waals surface area contributed by atoms with Crippen LogP contribution in [0.3, 0.4) is 0 Å². The van der Waals surface area contributed by atoms with Crippen molar-refractivity contribution in [2.45, 2.75) is 43.9 Å². The number of carbonyl (C=O) groups excluding carboxylic acids is 2. The summed E-state index contributed by atoms with van der Waals surface area (Å²) in [7, 11) is 0. The second-order valence-corrected chi connectivity index (χ2v) is 5.94. The number of alkyl halides is 3. The van der Waals surface area contributed by atoms with Gasteiger partial charge >= 0.3 is 6.18 Å². The maximum Gasteiger partial charge on any atom is 0.416 e. The van der Waals surface area contributed by atoms with Gasteiger partial charge in [-0.25, -0.2) is 0 Å². The summed E-state index contributed by atoms with van der Waals surface area (Å²) >= 11 is 0. The molecule has 0 radical (unpaired) electrons. The SMILES string of the molecule is Cl.N[C@H]1CC[C@@H](NC(=O)CNC(=O)c2cccc(C(F)(F)F)c2)CC1. The lowest BCUT2D eigenvalue weighted by molar-refractivity contribution is -0.137. The van der Waals surface area contributed by atoms with E-state index < -0.39 is 17.6 Å². The summed E-state index contributed by atoms with van der Waals surface area (Å²) in [5, 5.41) is 5.13. The highest BCUT2D eigenvalue weighted by Crippen LogP contribution is 2.29. The van der Waals surface area contributed by atoms with Crippen molar-refractivity contribution < 1.29 is 22.8 Å². The van der Waals surface area contributed by atoms with Gasteiger partial charge in [0, 0.05) is 17.6 Å². The average molecular weight is 380 g/mol. The van der Waals surface area contributed by atoms with Crippen molar-refractivity contribution in [3.8, 4) is 0 Å². The van der Waals surface area contributed by atoms with Crippen LogP contribution in [-0.2, 0) is 11.0 Å². The number of carbonyl (C=O) groups is 2. The van der Waals surface area contributed by atoms with Crippen LogP contribution in [-0.4, -0.2) is 30.4 Å². The molecule has 1 fully saturated rings. The minimum atomic E-state index is -4.52. The van der Waals surface area contributed by atoms with Crippen LogP contribution in [0.1, 0.15) is 41.6 Å². The van der Waals surface area contributed by atoms with Crippen molar-refractivity contribution in [1.29, 1.82) is 0 Å². The monoisotopic (exact) mass is 379 g/mol. The minimum Gasteiger partial charge on any atom is -0.352 e. The van der Waals surface area contributed by atoms with Crippen LogP contribution in [0.25, 0.3) is 0 Å². The second-order valence-electron chi connectivity index (χ2n) is 5.94. The van der Waals surface area contributed by atoms with Gasteiger partial charge in [-0.15, -0.1) is 12.4 Å². The lowest BCUT2D eigenvalue weighted by Crippen LogP contribution is -2.44. The predicted molar refractivity (Wildman–Crippen MR) is 89.4 cm³/mol. The zero-order valence-electron chi connectivity index (χ0n) is 13.4. The molecule has 0 aliphatic heterocycles. The van der Waals surface area contributed by atoms with Gasteiger partial charge in [0.2, 0.25) is 5.91 Å². The number of halogens is 4. The van der Waals surface area contributed by atoms with Crippen molar-refractivity contribution in [2.24, 2.45) is 5.73 Å². The fraction of sp³-hybridized carbons (Fsp3) is 0.500. The summed E-state index contributed by atoms with van der Waals surface area (Å²) < 4.78 is 37.9. The maximum absolute atomic E-state index is 12.6. The lowest BCUT2D eigenvalue weighted by Gasteiger charge is -2.26. The number of nitrogens with two attached hydrogens (primary N) is 1. The molecular formula is C16H21ClF3N3O2. The predicted octanol–water partition coefficient (Wildman–Crippen LogP) is 2.24. The molecule has 0 saturated heterocycles. The maximum atomic E-state index is 12.6. The molecule has 4 N–H and O–H groups in total. The Morgan fingerprint density at radius 1 is 1.16 bits per heavy atom. The smallest absolute Gasteiger partial charge is 0.352 e. The van der Waals surface area contributed by atoms with Gasteiger partial charge in [0.05, 0.1) is 12.1 Å². The molecule has 0 atom stereocenters. The molecule has 5 nitrogen and oxygen atoms in total. The summed E-state index contributed by atoms with van der Waals surface area (Å²) in [5.41, 5.74) is 4.74. The first-order chi connectivity index (χ1) is 11.3. The Morgan fingerprint density at radius 3 is 2.40 bits per heavy atom. The molecule has 1 aromatic carbocycles. The summed E-state index contributed by atoms with van der Waals surface area (Å²) in [6.07, 6.45) is -1.28. The number of hydrogen-bond acceptors (Lipinski definition) is 3. The van der Waals surface area contributed by atoms with Crippen LogP contribution in [0, 0.1) is 0 Å². The van der Waals surface area contributed by atoms with Crippen LogP contribution in [0.2, 0.25) is 0 Å². The molecule has 1 aliphatic carbocycles. The fourth-order valence-electron chi connectivity index (χ4n) is 2.64. The molecule has 1 aliphatic rings. The highest BCUT2D eigenvalue weighted by atomic mass is 35.5. The summed E-state index contributed by atoms with van der Waals surface area (Å²) in [4.78, 5) is 23.7. The van der Waals surface area contributed by atoms with Gasteiger partial charge in [0.1, 0.15) is 0 Å². The molecule has 0 bridgehead atoms. The third kappa shape index (κ3) is 6.55. The van der Waals surface area contributed by atoms with E-state index in [9.17, 15) is 22.8 Å². The highest BCUT2D eigenvalue weighted by Gasteiger charge is 2.31. The van der Waals surface area contributed by atoms with Gasteiger partial charge in [-0.1, -0.05) is 6.07 Å². The van der Waals surface area contributed by atoms with Crippen molar-refractivity contribution in [1.82, 2.24) is 10.6 Å². The van der Waals surface area contributed by atoms with E-state index in [4.69, 9.17) is 5.73 Å². The van der Waals surface area contributed by atoms with Crippen LogP contribution in [0.5, 0.6) is 0 Å². The van der Waals surface area contributed by atoms with Gasteiger partial charge in [-0.2, -0.15) is 13.2 Å². The lowest BCUT2D eigenvalue weighted by atomic mass is 9.92. The fourth-order valence-corrected chi connectivity index (χ4v) is 2.64. The molecule has 0 heterocycles. The van der Waals surface area contributed by atoms with E-state index in [-0.39, 0.29) is 42.5 Å². The Labute approximate surface area is 149 Å². The Morgan fingerprint density at radius 2 is 1.80 bits per heavy atom. The largest absolute Gasteiger partial charge is 0.416 e. The van der Waals surface area contributed by atoms with Crippen molar-refractivity contribution in [3.63, 3.8) is 0 Å². The van der Waals surface area contributed by atoms with Crippen LogP contribution in [0.4, 0.5) is 13.2 Å². The van der Waals surface area contributed by atoms with E-state index in [1.807, 2.05) is 0 Å². The quantitative estimate of drug-likeness (QED) is 0.750. The van der Waals surface area contributed by atoms with Gasteiger partial charge in [-0.05, 0) is 43.9 Å². The zero-order valence-corrected chi connectivity index (χ0v) is 14.3. The first kappa shape index (κ1) is 21.2. The number of nitrogens with one attached hydrogen (secondary N) is 2. The zero-order chi connectivity index (χ0) is 17.7. The summed E-state index contributed by atoms with van der Waals surface area (Å²) in [6, 6.07) is 4.27. The van der Waals surface area contributed by atoms with Gasteiger partial charge in [-0.3, -0.25) is 9.59 Å². The molecule has 0 spiro atoms. The number of rotatable bonds is 4. The van der Waals surface area contributed by atoms with E-state index in [2.05, 4.69) is 10.6 Å². The molecule has 9 heteroatoms. The van der Waals surface area contributed by atoms with Crippen molar-refractivity contribution >= 4 is 24.2 Å². The molecule has 2 amide bonds. The average Bonchev–Trinajstić information content (AvgIpc) is 2.54. The molecule has 25 heavy (non-hydrogen) atoms. The van der Waals surface area contributed by atoms with Crippen LogP contribution in [0.15, 0.2) is 24.3 Å². The van der Waals surface area contributed by atoms with Gasteiger partial charge in [0.15, 0.2) is 0 Å². The third-order valence-electron chi connectivity index (χ3n) is 4.00. The van der Waals surface area contributed by atoms with Crippen molar-refractivity contribution in [3.05, 3.63) is 35.4 Å². The van der Waals surface area contributed by atoms with E-state index >= 15 is 0 Å². The van der Waals surface area contributed by atoms with E-state index in [0.29, 0.717) is 0 Å². The number of hydrogen-bond donors (Lipinski definition) is 3. The van der Waals surface area contributed by atoms with Crippen molar-refractivity contribution in [2.75, 3.05) is 6.54 Å². The number of amides is 2. The number of benzene rings is 1. The summed E-state index contributed by atoms with van der Waals surface area (Å²) in [5.74, 6) is -1.09. The molecule has 140 valence electrons. The van der Waals surface area contributed by atoms with Crippen LogP contribution < -0.4 is 16.4 Å². The normalized spacial score (nSPS) is 20.3. The first-order valence-corrected chi connectivity index (χ1v) is 7.76. The minimum absolute atomic E-state index is 0. The van der Waals surface area contributed by atoms with Gasteiger partial charge < -0.3 is 16.4 Å². The van der Waals surface area contributed by atoms with E-state index in [1.165, 1.54) is 6.07 Å². The van der Waals surface area contributed by atoms with E-state index in [0.717, 1.165) is 43.9 Å². The molecule has 1 aromatic rings. The standard InChI is InChI=1S/C16H20F3N3O2.ClH/c17-16(18,19)11-3-1-2-10(8-11)15(24)21-9-14(23)22-13-6-4-12(20)5-7-13;/h1-3,8,12-13H,4-7,9,20H2,(H,21,24)(H,22,23);1H/t12-,13+;. The molecule has 2 rings (SSSR count). The Balaban J connectivity index is 0.00000312. The second kappa shape index (κ2) is 9.05. The first-order valence-electron chi connectivity index (χ1n) is 7.76. The topological polar surface area (TPSA) is 84.2 Å². The Bertz CT molecular complexity index is 603. The Kier molecular flexibility index (Phi) is 7.69. The van der Waals surface area contributed by atoms with E-state index in [1.54, 1.807) is 0 Å². The molecule has 0 unspecified atom stereocenters. The Hall–Kier alpha value is -1.80. The molecular weight excluding hydrogens is 359 g/mol. The molecule has 0 aromatic heterocycles.